The van der Waals surface area contributed by atoms with E-state index in [2.05, 4.69) is 15.6 Å². The van der Waals surface area contributed by atoms with Gasteiger partial charge in [-0.25, -0.2) is 9.37 Å². The maximum atomic E-state index is 13.8. The molecule has 12 heteroatoms. The molecule has 0 atom stereocenters. The van der Waals surface area contributed by atoms with Gasteiger partial charge in [-0.05, 0) is 37.8 Å². The number of non-ortho nitro benzene ring substituents is 1. The molecule has 0 radical (unpaired) electrons. The van der Waals surface area contributed by atoms with Crippen molar-refractivity contribution in [3.63, 3.8) is 0 Å². The number of amides is 1. The topological polar surface area (TPSA) is 100 Å². The van der Waals surface area contributed by atoms with E-state index >= 15 is 0 Å². The minimum absolute atomic E-state index is 0.119. The number of anilines is 2. The first kappa shape index (κ1) is 24.2. The van der Waals surface area contributed by atoms with Crippen molar-refractivity contribution in [2.24, 2.45) is 0 Å². The molecule has 2 N–H and O–H groups in total. The second kappa shape index (κ2) is 10.5. The number of hydrogen-bond acceptors (Lipinski definition) is 6. The minimum Gasteiger partial charge on any atom is -0.369 e. The van der Waals surface area contributed by atoms with Crippen molar-refractivity contribution in [1.82, 2.24) is 10.3 Å². The van der Waals surface area contributed by atoms with Crippen molar-refractivity contribution in [2.75, 3.05) is 36.4 Å². The monoisotopic (exact) mass is 469 g/mol. The lowest BCUT2D eigenvalue weighted by atomic mass is 10.1. The van der Waals surface area contributed by atoms with Gasteiger partial charge >= 0.3 is 6.18 Å². The predicted molar refractivity (Wildman–Crippen MR) is 114 cm³/mol. The van der Waals surface area contributed by atoms with Gasteiger partial charge in [0, 0.05) is 44.5 Å². The van der Waals surface area contributed by atoms with E-state index in [0.717, 1.165) is 49.7 Å². The number of piperidine rings is 1. The predicted octanol–water partition coefficient (Wildman–Crippen LogP) is 4.37. The lowest BCUT2D eigenvalue weighted by molar-refractivity contribution is -0.384. The second-order valence-corrected chi connectivity index (χ2v) is 7.59. The number of alkyl halides is 3. The molecule has 0 saturated carbocycles. The van der Waals surface area contributed by atoms with Crippen molar-refractivity contribution in [3.05, 3.63) is 57.5 Å². The van der Waals surface area contributed by atoms with Gasteiger partial charge in [0.25, 0.3) is 11.6 Å². The molecule has 33 heavy (non-hydrogen) atoms. The van der Waals surface area contributed by atoms with Gasteiger partial charge in [0.2, 0.25) is 0 Å². The smallest absolute Gasteiger partial charge is 0.369 e. The average molecular weight is 469 g/mol. The zero-order valence-electron chi connectivity index (χ0n) is 17.6. The molecule has 1 amide bonds. The van der Waals surface area contributed by atoms with E-state index in [-0.39, 0.29) is 13.1 Å². The summed E-state index contributed by atoms with van der Waals surface area (Å²) >= 11 is 0. The Kier molecular flexibility index (Phi) is 7.67. The largest absolute Gasteiger partial charge is 0.417 e. The van der Waals surface area contributed by atoms with Gasteiger partial charge < -0.3 is 15.5 Å². The first-order chi connectivity index (χ1) is 15.7. The Hall–Kier alpha value is -3.44. The molecule has 0 unspecified atom stereocenters. The molecule has 1 aromatic carbocycles. The molecule has 0 aliphatic carbocycles. The van der Waals surface area contributed by atoms with E-state index in [4.69, 9.17) is 0 Å². The number of aromatic nitrogens is 1. The van der Waals surface area contributed by atoms with E-state index in [1.165, 1.54) is 0 Å². The number of pyridine rings is 1. The lowest BCUT2D eigenvalue weighted by Gasteiger charge is -2.30. The number of benzene rings is 1. The van der Waals surface area contributed by atoms with Gasteiger partial charge in [0.1, 0.15) is 11.6 Å². The molecule has 178 valence electrons. The van der Waals surface area contributed by atoms with Crippen LogP contribution in [-0.4, -0.2) is 42.0 Å². The number of halogens is 4. The molecule has 0 spiro atoms. The van der Waals surface area contributed by atoms with Crippen molar-refractivity contribution in [2.45, 2.75) is 31.9 Å². The van der Waals surface area contributed by atoms with E-state index in [9.17, 15) is 32.5 Å². The summed E-state index contributed by atoms with van der Waals surface area (Å²) in [6.07, 6.45) is -0.558. The zero-order chi connectivity index (χ0) is 24.0. The summed E-state index contributed by atoms with van der Waals surface area (Å²) in [4.78, 5) is 28.1. The number of carbonyl (C=O) groups is 1. The molecule has 1 aromatic heterocycles. The van der Waals surface area contributed by atoms with Crippen LogP contribution < -0.4 is 15.5 Å². The van der Waals surface area contributed by atoms with Crippen molar-refractivity contribution in [1.29, 1.82) is 0 Å². The van der Waals surface area contributed by atoms with E-state index in [1.807, 2.05) is 4.90 Å². The molecule has 1 aliphatic rings. The summed E-state index contributed by atoms with van der Waals surface area (Å²) in [6.45, 7) is 1.69. The third-order valence-electron chi connectivity index (χ3n) is 5.23. The highest BCUT2D eigenvalue weighted by atomic mass is 19.4. The number of rotatable bonds is 8. The van der Waals surface area contributed by atoms with Crippen LogP contribution >= 0.6 is 0 Å². The number of nitrogens with zero attached hydrogens (tertiary/aromatic N) is 3. The standard InChI is InChI=1S/C21H23F4N5O3/c22-17-6-5-15(30(32)33)12-16(17)20(31)27-8-4-7-26-19-18(29-9-2-1-3-10-29)11-14(13-28-19)21(23,24)25/h5-6,11-13H,1-4,7-10H2,(H,26,28)(H,27,31). The minimum atomic E-state index is -4.50. The van der Waals surface area contributed by atoms with E-state index in [0.29, 0.717) is 31.0 Å². The lowest BCUT2D eigenvalue weighted by Crippen LogP contribution is -2.31. The second-order valence-electron chi connectivity index (χ2n) is 7.59. The highest BCUT2D eigenvalue weighted by Crippen LogP contribution is 2.35. The maximum Gasteiger partial charge on any atom is 0.417 e. The quantitative estimate of drug-likeness (QED) is 0.258. The molecule has 8 nitrogen and oxygen atoms in total. The summed E-state index contributed by atoms with van der Waals surface area (Å²) in [5.74, 6) is -1.35. The van der Waals surface area contributed by atoms with Gasteiger partial charge in [-0.3, -0.25) is 14.9 Å². The van der Waals surface area contributed by atoms with Gasteiger partial charge in [-0.1, -0.05) is 0 Å². The van der Waals surface area contributed by atoms with E-state index in [1.54, 1.807) is 0 Å². The SMILES string of the molecule is O=C(NCCCNc1ncc(C(F)(F)F)cc1N1CCCCC1)c1cc([N+](=O)[O-])ccc1F. The molecule has 3 rings (SSSR count). The van der Waals surface area contributed by atoms with Crippen molar-refractivity contribution < 1.29 is 27.3 Å². The van der Waals surface area contributed by atoms with E-state index < -0.39 is 39.6 Å². The fourth-order valence-electron chi connectivity index (χ4n) is 3.51. The van der Waals surface area contributed by atoms with Crippen molar-refractivity contribution >= 4 is 23.1 Å². The highest BCUT2D eigenvalue weighted by Gasteiger charge is 2.32. The first-order valence-corrected chi connectivity index (χ1v) is 10.4. The average Bonchev–Trinajstić information content (AvgIpc) is 2.78. The molecular formula is C21H23F4N5O3. The van der Waals surface area contributed by atoms with Crippen LogP contribution in [0.2, 0.25) is 0 Å². The number of nitro benzene ring substituents is 1. The third-order valence-corrected chi connectivity index (χ3v) is 5.23. The maximum absolute atomic E-state index is 13.8. The van der Waals surface area contributed by atoms with Crippen LogP contribution in [0.4, 0.5) is 34.8 Å². The fourth-order valence-corrected chi connectivity index (χ4v) is 3.51. The van der Waals surface area contributed by atoms with Crippen LogP contribution in [0.3, 0.4) is 0 Å². The Labute approximate surface area is 187 Å². The summed E-state index contributed by atoms with van der Waals surface area (Å²) in [6, 6.07) is 3.77. The van der Waals surface area contributed by atoms with Gasteiger partial charge in [-0.2, -0.15) is 13.2 Å². The molecule has 1 aliphatic heterocycles. The number of nitrogens with one attached hydrogen (secondary N) is 2. The van der Waals surface area contributed by atoms with Crippen LogP contribution in [-0.2, 0) is 6.18 Å². The van der Waals surface area contributed by atoms with Crippen LogP contribution in [0.5, 0.6) is 0 Å². The van der Waals surface area contributed by atoms with Gasteiger partial charge in [0.05, 0.1) is 21.7 Å². The number of nitro groups is 1. The summed E-state index contributed by atoms with van der Waals surface area (Å²) < 4.78 is 53.3. The Balaban J connectivity index is 1.58. The first-order valence-electron chi connectivity index (χ1n) is 10.4. The van der Waals surface area contributed by atoms with Crippen LogP contribution in [0.25, 0.3) is 0 Å². The number of carbonyl (C=O) groups excluding carboxylic acids is 1. The highest BCUT2D eigenvalue weighted by molar-refractivity contribution is 5.95. The Bertz CT molecular complexity index is 1010. The zero-order valence-corrected chi connectivity index (χ0v) is 17.6. The Morgan fingerprint density at radius 2 is 1.88 bits per heavy atom. The van der Waals surface area contributed by atoms with Crippen molar-refractivity contribution in [3.8, 4) is 0 Å². The number of hydrogen-bond donors (Lipinski definition) is 2. The van der Waals surface area contributed by atoms with Gasteiger partial charge in [0.15, 0.2) is 0 Å². The molecule has 2 heterocycles. The normalized spacial score (nSPS) is 14.1. The van der Waals surface area contributed by atoms with Crippen LogP contribution in [0, 0.1) is 15.9 Å². The Morgan fingerprint density at radius 1 is 1.15 bits per heavy atom. The summed E-state index contributed by atoms with van der Waals surface area (Å²) in [5.41, 5.74) is -1.28. The summed E-state index contributed by atoms with van der Waals surface area (Å²) in [5, 5.41) is 16.3. The molecule has 1 saturated heterocycles. The molecular weight excluding hydrogens is 446 g/mol. The van der Waals surface area contributed by atoms with Gasteiger partial charge in [-0.15, -0.1) is 0 Å². The third kappa shape index (κ3) is 6.30. The molecule has 0 bridgehead atoms. The van der Waals surface area contributed by atoms with Crippen LogP contribution in [0.1, 0.15) is 41.6 Å². The molecule has 2 aromatic rings. The Morgan fingerprint density at radius 3 is 2.55 bits per heavy atom. The van der Waals surface area contributed by atoms with Crippen LogP contribution in [0.15, 0.2) is 30.5 Å². The summed E-state index contributed by atoms with van der Waals surface area (Å²) in [7, 11) is 0. The molecule has 1 fully saturated rings. The fraction of sp³-hybridized carbons (Fsp3) is 0.429.